The molecule has 27 heavy (non-hydrogen) atoms. The number of rotatable bonds is 9. The van der Waals surface area contributed by atoms with Gasteiger partial charge in [-0.05, 0) is 17.5 Å². The molecule has 0 bridgehead atoms. The molecule has 0 fully saturated rings. The molecule has 0 aliphatic carbocycles. The first kappa shape index (κ1) is 23.2. The topological polar surface area (TPSA) is 51.0 Å². The minimum Gasteiger partial charge on any atom is -1.00 e. The van der Waals surface area contributed by atoms with Gasteiger partial charge in [0.05, 0.1) is 0 Å². The van der Waals surface area contributed by atoms with Crippen molar-refractivity contribution in [3.63, 3.8) is 0 Å². The highest BCUT2D eigenvalue weighted by Crippen LogP contribution is 2.30. The van der Waals surface area contributed by atoms with Gasteiger partial charge in [-0.25, -0.2) is 4.79 Å². The number of hydrogen-bond acceptors (Lipinski definition) is 3. The molecule has 2 rings (SSSR count). The van der Waals surface area contributed by atoms with E-state index < -0.39 is 11.6 Å². The van der Waals surface area contributed by atoms with Gasteiger partial charge in [-0.15, -0.1) is 5.06 Å². The third-order valence-corrected chi connectivity index (χ3v) is 4.84. The first-order valence-corrected chi connectivity index (χ1v) is 9.49. The van der Waals surface area contributed by atoms with E-state index in [9.17, 15) is 9.90 Å². The summed E-state index contributed by atoms with van der Waals surface area (Å²) in [5, 5.41) is 12.2. The van der Waals surface area contributed by atoms with Gasteiger partial charge in [-0.1, -0.05) is 81.4 Å². The minimum atomic E-state index is -1.83. The number of aliphatic hydroxyl groups is 1. The van der Waals surface area contributed by atoms with E-state index >= 15 is 0 Å². The molecule has 0 aromatic heterocycles. The summed E-state index contributed by atoms with van der Waals surface area (Å²) in [5.41, 5.74) is -0.804. The zero-order chi connectivity index (χ0) is 19.0. The molecule has 148 valence electrons. The third kappa shape index (κ3) is 5.32. The summed E-state index contributed by atoms with van der Waals surface area (Å²) in [4.78, 5) is 19.0. The van der Waals surface area contributed by atoms with Crippen molar-refractivity contribution in [3.8, 4) is 0 Å². The predicted octanol–water partition coefficient (Wildman–Crippen LogP) is -0.132. The van der Waals surface area contributed by atoms with Crippen molar-refractivity contribution in [1.29, 1.82) is 0 Å². The molecule has 0 saturated heterocycles. The van der Waals surface area contributed by atoms with Crippen LogP contribution in [0.15, 0.2) is 60.7 Å². The summed E-state index contributed by atoms with van der Waals surface area (Å²) in [7, 11) is 0. The molecule has 1 unspecified atom stereocenters. The normalized spacial score (nSPS) is 12.3. The summed E-state index contributed by atoms with van der Waals surface area (Å²) in [6.45, 7) is 6.98. The van der Waals surface area contributed by atoms with Crippen LogP contribution in [-0.4, -0.2) is 23.7 Å². The van der Waals surface area contributed by atoms with Crippen LogP contribution < -0.4 is 17.5 Å². The number of hydroxylamine groups is 2. The summed E-state index contributed by atoms with van der Waals surface area (Å²) in [5.74, 6) is -0.634. The van der Waals surface area contributed by atoms with Crippen LogP contribution in [0.25, 0.3) is 0 Å². The van der Waals surface area contributed by atoms with Crippen molar-refractivity contribution in [2.24, 2.45) is 0 Å². The van der Waals surface area contributed by atoms with Crippen LogP contribution in [-0.2, 0) is 15.2 Å². The number of carbonyl (C=O) groups is 1. The molecule has 4 nitrogen and oxygen atoms in total. The quantitative estimate of drug-likeness (QED) is 0.585. The Balaban J connectivity index is 0.00000364. The maximum absolute atomic E-state index is 13.2. The predicted molar refractivity (Wildman–Crippen MR) is 102 cm³/mol. The second-order valence-corrected chi connectivity index (χ2v) is 6.56. The van der Waals surface area contributed by atoms with Gasteiger partial charge in [0.15, 0.2) is 0 Å². The van der Waals surface area contributed by atoms with Crippen LogP contribution >= 0.6 is 0 Å². The highest BCUT2D eigenvalue weighted by atomic mass is 35.5. The van der Waals surface area contributed by atoms with Gasteiger partial charge in [-0.3, -0.25) is 4.84 Å². The smallest absolute Gasteiger partial charge is 0.406 e. The van der Waals surface area contributed by atoms with Crippen LogP contribution in [0.1, 0.15) is 51.2 Å². The number of carbonyl (C=O) groups excluding carboxylic acids is 1. The Hall–Kier alpha value is -1.88. The van der Waals surface area contributed by atoms with E-state index in [0.717, 1.165) is 30.9 Å². The van der Waals surface area contributed by atoms with Crippen LogP contribution in [0.3, 0.4) is 0 Å². The lowest BCUT2D eigenvalue weighted by molar-refractivity contribution is -1.09. The zero-order valence-corrected chi connectivity index (χ0v) is 17.1. The van der Waals surface area contributed by atoms with E-state index in [1.807, 2.05) is 36.4 Å². The van der Waals surface area contributed by atoms with Crippen LogP contribution in [0.4, 0.5) is 0 Å². The first-order valence-electron chi connectivity index (χ1n) is 9.49. The monoisotopic (exact) mass is 391 g/mol. The van der Waals surface area contributed by atoms with E-state index in [1.165, 1.54) is 0 Å². The van der Waals surface area contributed by atoms with Crippen LogP contribution in [0.2, 0.25) is 0 Å². The second-order valence-electron chi connectivity index (χ2n) is 6.56. The number of halogens is 1. The van der Waals surface area contributed by atoms with Gasteiger partial charge in [0.25, 0.3) is 0 Å². The summed E-state index contributed by atoms with van der Waals surface area (Å²) >= 11 is 0. The van der Waals surface area contributed by atoms with Crippen molar-refractivity contribution in [2.75, 3.05) is 6.54 Å². The first-order chi connectivity index (χ1) is 12.6. The lowest BCUT2D eigenvalue weighted by Crippen LogP contribution is -3.15. The highest BCUT2D eigenvalue weighted by Gasteiger charge is 2.44. The molecule has 5 heteroatoms. The van der Waals surface area contributed by atoms with Gasteiger partial charge < -0.3 is 17.5 Å². The van der Waals surface area contributed by atoms with E-state index in [2.05, 4.69) is 20.8 Å². The Labute approximate surface area is 168 Å². The molecule has 2 aromatic carbocycles. The summed E-state index contributed by atoms with van der Waals surface area (Å²) < 4.78 is 0. The molecule has 0 radical (unpaired) electrons. The Kier molecular flexibility index (Phi) is 9.50. The Morgan fingerprint density at radius 3 is 1.78 bits per heavy atom. The van der Waals surface area contributed by atoms with Gasteiger partial charge in [0, 0.05) is 12.8 Å². The number of hydrogen-bond donors (Lipinski definition) is 2. The van der Waals surface area contributed by atoms with Gasteiger partial charge in [-0.2, -0.15) is 0 Å². The van der Waals surface area contributed by atoms with E-state index in [0.29, 0.717) is 11.1 Å². The highest BCUT2D eigenvalue weighted by molar-refractivity contribution is 5.84. The Bertz CT molecular complexity index is 635. The molecule has 2 N–H and O–H groups in total. The molecule has 2 aromatic rings. The standard InChI is InChI=1S/C22H29NO3.ClH/c1-4-17-23(20(5-2)6-3)26-21(24)22(25,18-13-9-7-10-14-18)19-15-11-8-12-16-19;/h7-16,20,25H,4-6,17H2,1-3H3;1H. The van der Waals surface area contributed by atoms with E-state index in [-0.39, 0.29) is 18.4 Å². The van der Waals surface area contributed by atoms with Crippen molar-refractivity contribution in [1.82, 2.24) is 0 Å². The molecule has 0 aliphatic heterocycles. The van der Waals surface area contributed by atoms with Crippen LogP contribution in [0, 0.1) is 0 Å². The molecule has 0 saturated carbocycles. The van der Waals surface area contributed by atoms with Gasteiger partial charge in [0.1, 0.15) is 12.6 Å². The fourth-order valence-corrected chi connectivity index (χ4v) is 3.28. The van der Waals surface area contributed by atoms with Crippen molar-refractivity contribution in [2.45, 2.75) is 51.7 Å². The Morgan fingerprint density at radius 2 is 1.41 bits per heavy atom. The number of quaternary nitrogens is 1. The average molecular weight is 392 g/mol. The molecule has 0 aliphatic rings. The van der Waals surface area contributed by atoms with E-state index in [4.69, 9.17) is 4.84 Å². The zero-order valence-electron chi connectivity index (χ0n) is 16.3. The summed E-state index contributed by atoms with van der Waals surface area (Å²) in [6.07, 6.45) is 2.72. The van der Waals surface area contributed by atoms with Crippen molar-refractivity contribution >= 4 is 5.97 Å². The molecule has 0 heterocycles. The van der Waals surface area contributed by atoms with Crippen LogP contribution in [0.5, 0.6) is 0 Å². The molecular formula is C22H30ClNO3. The van der Waals surface area contributed by atoms with E-state index in [1.54, 1.807) is 24.3 Å². The fraction of sp³-hybridized carbons (Fsp3) is 0.409. The SMILES string of the molecule is CCC[NH+](OC(=O)C(O)(c1ccccc1)c1ccccc1)C(CC)CC.[Cl-]. The Morgan fingerprint density at radius 1 is 0.963 bits per heavy atom. The van der Waals surface area contributed by atoms with Crippen molar-refractivity contribution < 1.29 is 32.2 Å². The maximum atomic E-state index is 13.2. The largest absolute Gasteiger partial charge is 1.00 e. The van der Waals surface area contributed by atoms with Gasteiger partial charge in [0.2, 0.25) is 5.60 Å². The molecule has 0 spiro atoms. The minimum absolute atomic E-state index is 0. The molecular weight excluding hydrogens is 362 g/mol. The maximum Gasteiger partial charge on any atom is 0.406 e. The molecule has 1 atom stereocenters. The fourth-order valence-electron chi connectivity index (χ4n) is 3.28. The average Bonchev–Trinajstić information content (AvgIpc) is 2.69. The lowest BCUT2D eigenvalue weighted by atomic mass is 9.86. The summed E-state index contributed by atoms with van der Waals surface area (Å²) in [6, 6.07) is 18.2. The lowest BCUT2D eigenvalue weighted by Gasteiger charge is -2.30. The molecule has 0 amide bonds. The third-order valence-electron chi connectivity index (χ3n) is 4.84. The van der Waals surface area contributed by atoms with Crippen molar-refractivity contribution in [3.05, 3.63) is 71.8 Å². The second kappa shape index (κ2) is 11.1. The number of nitrogens with one attached hydrogen (secondary N) is 1. The van der Waals surface area contributed by atoms with Gasteiger partial charge >= 0.3 is 5.97 Å². The number of benzene rings is 2.